The number of imidazole rings is 1. The molecule has 2 heterocycles. The van der Waals surface area contributed by atoms with Gasteiger partial charge in [-0.25, -0.2) is 14.6 Å². The number of hydrogen-bond acceptors (Lipinski definition) is 5. The fourth-order valence-corrected chi connectivity index (χ4v) is 1.98. The van der Waals surface area contributed by atoms with Gasteiger partial charge in [0.25, 0.3) is 0 Å². The number of nitrogens with zero attached hydrogens (tertiary/aromatic N) is 3. The minimum absolute atomic E-state index is 0.284. The first-order valence-corrected chi connectivity index (χ1v) is 6.51. The van der Waals surface area contributed by atoms with Crippen molar-refractivity contribution in [2.45, 2.75) is 40.3 Å². The summed E-state index contributed by atoms with van der Waals surface area (Å²) in [6, 6.07) is 0.284. The Labute approximate surface area is 112 Å². The molecule has 2 aromatic heterocycles. The molecule has 3 N–H and O–H groups in total. The second-order valence-electron chi connectivity index (χ2n) is 4.81. The third kappa shape index (κ3) is 2.63. The molecule has 0 radical (unpaired) electrons. The quantitative estimate of drug-likeness (QED) is 0.860. The Balaban J connectivity index is 2.59. The van der Waals surface area contributed by atoms with Crippen LogP contribution in [-0.2, 0) is 11.3 Å². The van der Waals surface area contributed by atoms with Gasteiger partial charge in [-0.3, -0.25) is 0 Å². The molecule has 2 rings (SSSR count). The number of nitrogens with one attached hydrogen (secondary N) is 1. The number of anilines is 1. The van der Waals surface area contributed by atoms with Gasteiger partial charge in [-0.05, 0) is 33.3 Å². The van der Waals surface area contributed by atoms with Crippen LogP contribution < -0.4 is 11.2 Å². The van der Waals surface area contributed by atoms with Crippen molar-refractivity contribution in [3.63, 3.8) is 0 Å². The van der Waals surface area contributed by atoms with Gasteiger partial charge in [0.1, 0.15) is 12.1 Å². The Morgan fingerprint density at radius 3 is 2.84 bits per heavy atom. The summed E-state index contributed by atoms with van der Waals surface area (Å²) in [4.78, 5) is 8.71. The molecule has 0 aromatic carbocycles. The van der Waals surface area contributed by atoms with Gasteiger partial charge < -0.3 is 15.9 Å². The van der Waals surface area contributed by atoms with Crippen molar-refractivity contribution in [2.75, 3.05) is 17.8 Å². The molecule has 104 valence electrons. The summed E-state index contributed by atoms with van der Waals surface area (Å²) in [6.45, 7) is 9.22. The van der Waals surface area contributed by atoms with Gasteiger partial charge in [-0.2, -0.15) is 0 Å². The van der Waals surface area contributed by atoms with Crippen molar-refractivity contribution in [1.29, 1.82) is 0 Å². The zero-order chi connectivity index (χ0) is 14.0. The highest BCUT2D eigenvalue weighted by molar-refractivity contribution is 5.87. The normalized spacial score (nSPS) is 11.4. The van der Waals surface area contributed by atoms with E-state index >= 15 is 0 Å². The fourth-order valence-electron chi connectivity index (χ4n) is 1.98. The molecule has 0 aliphatic rings. The summed E-state index contributed by atoms with van der Waals surface area (Å²) in [6.07, 6.45) is 1.77. The van der Waals surface area contributed by atoms with Gasteiger partial charge in [0, 0.05) is 18.8 Å². The number of hydrogen-bond donors (Lipinski definition) is 2. The molecule has 19 heavy (non-hydrogen) atoms. The average Bonchev–Trinajstić information content (AvgIpc) is 2.71. The molecule has 0 spiro atoms. The predicted octanol–water partition coefficient (Wildman–Crippen LogP) is 1.81. The van der Waals surface area contributed by atoms with Gasteiger partial charge in [0.15, 0.2) is 11.6 Å². The summed E-state index contributed by atoms with van der Waals surface area (Å²) < 4.78 is 7.43. The molecule has 0 unspecified atom stereocenters. The van der Waals surface area contributed by atoms with Crippen LogP contribution in [0.2, 0.25) is 0 Å². The van der Waals surface area contributed by atoms with Crippen LogP contribution in [0.1, 0.15) is 32.2 Å². The third-order valence-electron chi connectivity index (χ3n) is 2.78. The van der Waals surface area contributed by atoms with E-state index in [1.807, 2.05) is 18.5 Å². The molecule has 0 fully saturated rings. The van der Waals surface area contributed by atoms with E-state index in [1.165, 1.54) is 0 Å². The lowest BCUT2D eigenvalue weighted by molar-refractivity contribution is 0.126. The maximum atomic E-state index is 5.91. The van der Waals surface area contributed by atoms with E-state index in [9.17, 15) is 0 Å². The van der Waals surface area contributed by atoms with Crippen LogP contribution >= 0.6 is 0 Å². The summed E-state index contributed by atoms with van der Waals surface area (Å²) in [5.41, 5.74) is 12.0. The van der Waals surface area contributed by atoms with Crippen LogP contribution in [0.4, 0.5) is 5.82 Å². The molecular weight excluding hydrogens is 242 g/mol. The topological polar surface area (TPSA) is 78.0 Å². The van der Waals surface area contributed by atoms with Crippen LogP contribution in [0.15, 0.2) is 6.20 Å². The number of pyridine rings is 1. The second-order valence-corrected chi connectivity index (χ2v) is 4.81. The van der Waals surface area contributed by atoms with Crippen molar-refractivity contribution < 1.29 is 4.74 Å². The lowest BCUT2D eigenvalue weighted by Crippen LogP contribution is -2.24. The number of fused-ring (bicyclic) bond motifs is 1. The molecular formula is C13H21N5O. The Morgan fingerprint density at radius 1 is 1.47 bits per heavy atom. The van der Waals surface area contributed by atoms with Crippen molar-refractivity contribution in [1.82, 2.24) is 14.6 Å². The molecule has 6 heteroatoms. The smallest absolute Gasteiger partial charge is 0.154 e. The van der Waals surface area contributed by atoms with Gasteiger partial charge >= 0.3 is 0 Å². The first-order valence-electron chi connectivity index (χ1n) is 6.51. The highest BCUT2D eigenvalue weighted by Gasteiger charge is 2.16. The molecule has 0 aliphatic heterocycles. The molecule has 0 atom stereocenters. The van der Waals surface area contributed by atoms with Gasteiger partial charge in [0.2, 0.25) is 0 Å². The predicted molar refractivity (Wildman–Crippen MR) is 76.5 cm³/mol. The molecule has 0 amide bonds. The second kappa shape index (κ2) is 5.44. The van der Waals surface area contributed by atoms with Gasteiger partial charge in [-0.15, -0.1) is 0 Å². The number of nitrogen functional groups attached to an aromatic ring is 1. The summed E-state index contributed by atoms with van der Waals surface area (Å²) in [5, 5.41) is 0. The van der Waals surface area contributed by atoms with Crippen LogP contribution in [0.5, 0.6) is 0 Å². The van der Waals surface area contributed by atoms with Crippen LogP contribution in [-0.4, -0.2) is 27.3 Å². The number of aryl methyl sites for hydroxylation is 1. The maximum Gasteiger partial charge on any atom is 0.154 e. The highest BCUT2D eigenvalue weighted by atomic mass is 16.5. The standard InChI is InChI=1S/C13H21N5O/c1-5-19-7-10-16-11-12(18(10)17-8(2)3)9(4)6-15-13(11)14/h6,8,17H,5,7H2,1-4H3,(H2,14,15). The van der Waals surface area contributed by atoms with Crippen LogP contribution in [0.25, 0.3) is 11.0 Å². The minimum Gasteiger partial charge on any atom is -0.382 e. The van der Waals surface area contributed by atoms with Crippen LogP contribution in [0.3, 0.4) is 0 Å². The van der Waals surface area contributed by atoms with E-state index in [4.69, 9.17) is 10.5 Å². The fraction of sp³-hybridized carbons (Fsp3) is 0.538. The van der Waals surface area contributed by atoms with Crippen LogP contribution in [0, 0.1) is 6.92 Å². The molecule has 2 aromatic rings. The summed E-state index contributed by atoms with van der Waals surface area (Å²) in [7, 11) is 0. The Kier molecular flexibility index (Phi) is 3.90. The maximum absolute atomic E-state index is 5.91. The SMILES string of the molecule is CCOCc1nc2c(N)ncc(C)c2n1NC(C)C. The minimum atomic E-state index is 0.284. The average molecular weight is 263 g/mol. The van der Waals surface area contributed by atoms with Gasteiger partial charge in [-0.1, -0.05) is 0 Å². The Morgan fingerprint density at radius 2 is 2.21 bits per heavy atom. The zero-order valence-electron chi connectivity index (χ0n) is 11.9. The number of nitrogens with two attached hydrogens (primary N) is 1. The van der Waals surface area contributed by atoms with E-state index in [-0.39, 0.29) is 6.04 Å². The molecule has 0 saturated carbocycles. The van der Waals surface area contributed by atoms with E-state index in [0.717, 1.165) is 22.4 Å². The Bertz CT molecular complexity index is 576. The first kappa shape index (κ1) is 13.6. The number of rotatable bonds is 5. The van der Waals surface area contributed by atoms with E-state index in [0.29, 0.717) is 19.0 Å². The molecule has 0 aliphatic carbocycles. The monoisotopic (exact) mass is 263 g/mol. The third-order valence-corrected chi connectivity index (χ3v) is 2.78. The first-order chi connectivity index (χ1) is 9.04. The Hall–Kier alpha value is -1.82. The largest absolute Gasteiger partial charge is 0.382 e. The lowest BCUT2D eigenvalue weighted by Gasteiger charge is -2.16. The zero-order valence-corrected chi connectivity index (χ0v) is 11.9. The molecule has 0 bridgehead atoms. The molecule has 6 nitrogen and oxygen atoms in total. The van der Waals surface area contributed by atoms with E-state index in [1.54, 1.807) is 6.20 Å². The van der Waals surface area contributed by atoms with Crippen molar-refractivity contribution >= 4 is 16.9 Å². The number of ether oxygens (including phenoxy) is 1. The summed E-state index contributed by atoms with van der Waals surface area (Å²) in [5.74, 6) is 1.26. The number of aromatic nitrogens is 3. The van der Waals surface area contributed by atoms with Crippen molar-refractivity contribution in [3.05, 3.63) is 17.6 Å². The summed E-state index contributed by atoms with van der Waals surface area (Å²) >= 11 is 0. The lowest BCUT2D eigenvalue weighted by atomic mass is 10.2. The van der Waals surface area contributed by atoms with E-state index in [2.05, 4.69) is 29.2 Å². The molecule has 0 saturated heterocycles. The van der Waals surface area contributed by atoms with Crippen molar-refractivity contribution in [2.24, 2.45) is 0 Å². The van der Waals surface area contributed by atoms with Crippen molar-refractivity contribution in [3.8, 4) is 0 Å². The van der Waals surface area contributed by atoms with Gasteiger partial charge in [0.05, 0.1) is 5.52 Å². The van der Waals surface area contributed by atoms with E-state index < -0.39 is 0 Å². The highest BCUT2D eigenvalue weighted by Crippen LogP contribution is 2.23.